The number of benzene rings is 2. The first-order valence-electron chi connectivity index (χ1n) is 6.17. The molecule has 3 nitrogen and oxygen atoms in total. The van der Waals surface area contributed by atoms with Gasteiger partial charge in [0.15, 0.2) is 0 Å². The monoisotopic (exact) mass is 385 g/mol. The molecule has 0 aromatic heterocycles. The minimum Gasteiger partial charge on any atom is -0.490 e. The van der Waals surface area contributed by atoms with Gasteiger partial charge in [0.1, 0.15) is 29.7 Å². The average molecular weight is 387 g/mol. The summed E-state index contributed by atoms with van der Waals surface area (Å²) >= 11 is 14.4. The molecule has 0 atom stereocenters. The molecule has 0 aliphatic heterocycles. The molecule has 0 aliphatic carbocycles. The summed E-state index contributed by atoms with van der Waals surface area (Å²) in [6.07, 6.45) is 0. The van der Waals surface area contributed by atoms with E-state index in [0.29, 0.717) is 29.5 Å². The highest BCUT2D eigenvalue weighted by Gasteiger charge is 2.10. The van der Waals surface area contributed by atoms with E-state index < -0.39 is 0 Å². The molecule has 0 saturated heterocycles. The smallest absolute Gasteiger partial charge is 0.131 e. The molecular weight excluding hydrogens is 374 g/mol. The van der Waals surface area contributed by atoms with Gasteiger partial charge in [-0.25, -0.2) is 0 Å². The van der Waals surface area contributed by atoms with Gasteiger partial charge in [0.25, 0.3) is 0 Å². The van der Waals surface area contributed by atoms with E-state index in [-0.39, 0.29) is 4.99 Å². The van der Waals surface area contributed by atoms with Crippen LogP contribution in [0.15, 0.2) is 46.9 Å². The Hall–Kier alpha value is -1.30. The highest BCUT2D eigenvalue weighted by atomic mass is 79.9. The second-order valence-corrected chi connectivity index (χ2v) is 5.89. The van der Waals surface area contributed by atoms with E-state index in [1.165, 1.54) is 0 Å². The minimum atomic E-state index is 0.212. The molecule has 2 rings (SSSR count). The fraction of sp³-hybridized carbons (Fsp3) is 0.133. The molecule has 0 amide bonds. The Morgan fingerprint density at radius 1 is 1.14 bits per heavy atom. The molecule has 2 N–H and O–H groups in total. The standard InChI is InChI=1S/C15H13BrClNO2S/c16-10-3-1-4-11(9-10)19-7-8-20-13-6-2-5-12(17)14(13)15(18)21/h1-6,9H,7-8H2,(H2,18,21). The predicted molar refractivity (Wildman–Crippen MR) is 92.5 cm³/mol. The Kier molecular flexibility index (Phi) is 5.85. The van der Waals surface area contributed by atoms with Crippen LogP contribution in [0.2, 0.25) is 5.02 Å². The van der Waals surface area contributed by atoms with E-state index >= 15 is 0 Å². The molecular formula is C15H13BrClNO2S. The summed E-state index contributed by atoms with van der Waals surface area (Å²) in [6, 6.07) is 12.9. The third kappa shape index (κ3) is 4.59. The van der Waals surface area contributed by atoms with Crippen molar-refractivity contribution in [1.29, 1.82) is 0 Å². The van der Waals surface area contributed by atoms with E-state index in [4.69, 9.17) is 39.0 Å². The van der Waals surface area contributed by atoms with Gasteiger partial charge in [-0.1, -0.05) is 51.9 Å². The van der Waals surface area contributed by atoms with Gasteiger partial charge in [0.05, 0.1) is 10.6 Å². The molecule has 0 unspecified atom stereocenters. The van der Waals surface area contributed by atoms with Crippen LogP contribution in [-0.2, 0) is 0 Å². The van der Waals surface area contributed by atoms with Crippen molar-refractivity contribution in [2.45, 2.75) is 0 Å². The van der Waals surface area contributed by atoms with Crippen LogP contribution in [0.1, 0.15) is 5.56 Å². The van der Waals surface area contributed by atoms with Crippen molar-refractivity contribution >= 4 is 44.7 Å². The van der Waals surface area contributed by atoms with Crippen molar-refractivity contribution in [2.24, 2.45) is 5.73 Å². The molecule has 0 saturated carbocycles. The first-order valence-corrected chi connectivity index (χ1v) is 7.75. The van der Waals surface area contributed by atoms with Gasteiger partial charge in [-0.3, -0.25) is 0 Å². The molecule has 0 spiro atoms. The largest absolute Gasteiger partial charge is 0.490 e. The van der Waals surface area contributed by atoms with Crippen LogP contribution in [0.5, 0.6) is 11.5 Å². The lowest BCUT2D eigenvalue weighted by atomic mass is 10.2. The number of hydrogen-bond donors (Lipinski definition) is 1. The molecule has 0 fully saturated rings. The van der Waals surface area contributed by atoms with Gasteiger partial charge in [0.2, 0.25) is 0 Å². The van der Waals surface area contributed by atoms with Gasteiger partial charge in [-0.15, -0.1) is 0 Å². The summed E-state index contributed by atoms with van der Waals surface area (Å²) in [5, 5.41) is 0.480. The van der Waals surface area contributed by atoms with Crippen molar-refractivity contribution in [3.63, 3.8) is 0 Å². The van der Waals surface area contributed by atoms with Gasteiger partial charge >= 0.3 is 0 Å². The zero-order valence-corrected chi connectivity index (χ0v) is 14.2. The Bertz CT molecular complexity index is 651. The summed E-state index contributed by atoms with van der Waals surface area (Å²) in [7, 11) is 0. The second kappa shape index (κ2) is 7.64. The normalized spacial score (nSPS) is 10.2. The molecule has 0 aliphatic rings. The Balaban J connectivity index is 1.92. The molecule has 110 valence electrons. The quantitative estimate of drug-likeness (QED) is 0.597. The lowest BCUT2D eigenvalue weighted by Gasteiger charge is -2.12. The molecule has 21 heavy (non-hydrogen) atoms. The van der Waals surface area contributed by atoms with Crippen LogP contribution < -0.4 is 15.2 Å². The van der Waals surface area contributed by atoms with Gasteiger partial charge in [-0.05, 0) is 30.3 Å². The topological polar surface area (TPSA) is 44.5 Å². The Morgan fingerprint density at radius 2 is 1.86 bits per heavy atom. The first-order chi connectivity index (χ1) is 10.1. The van der Waals surface area contributed by atoms with E-state index in [2.05, 4.69) is 15.9 Å². The van der Waals surface area contributed by atoms with Crippen LogP contribution in [0, 0.1) is 0 Å². The van der Waals surface area contributed by atoms with Gasteiger partial charge in [0, 0.05) is 4.47 Å². The van der Waals surface area contributed by atoms with Crippen molar-refractivity contribution in [2.75, 3.05) is 13.2 Å². The van der Waals surface area contributed by atoms with Crippen molar-refractivity contribution in [1.82, 2.24) is 0 Å². The van der Waals surface area contributed by atoms with E-state index in [9.17, 15) is 0 Å². The number of nitrogens with two attached hydrogens (primary N) is 1. The SMILES string of the molecule is NC(=S)c1c(Cl)cccc1OCCOc1cccc(Br)c1. The van der Waals surface area contributed by atoms with Crippen LogP contribution in [0.25, 0.3) is 0 Å². The predicted octanol–water partition coefficient (Wildman–Crippen LogP) is 4.19. The summed E-state index contributed by atoms with van der Waals surface area (Å²) in [5.74, 6) is 1.33. The number of halogens is 2. The third-order valence-electron chi connectivity index (χ3n) is 2.63. The van der Waals surface area contributed by atoms with Crippen molar-refractivity contribution < 1.29 is 9.47 Å². The fourth-order valence-electron chi connectivity index (χ4n) is 1.73. The Labute approximate surface area is 142 Å². The van der Waals surface area contributed by atoms with Crippen LogP contribution >= 0.6 is 39.7 Å². The minimum absolute atomic E-state index is 0.212. The summed E-state index contributed by atoms with van der Waals surface area (Å²) in [5.41, 5.74) is 6.21. The Morgan fingerprint density at radius 3 is 2.57 bits per heavy atom. The number of rotatable bonds is 6. The highest BCUT2D eigenvalue weighted by Crippen LogP contribution is 2.26. The molecule has 2 aromatic carbocycles. The number of thiocarbonyl (C=S) groups is 1. The molecule has 0 radical (unpaired) electrons. The number of hydrogen-bond acceptors (Lipinski definition) is 3. The van der Waals surface area contributed by atoms with E-state index in [1.54, 1.807) is 18.2 Å². The van der Waals surface area contributed by atoms with Gasteiger partial charge < -0.3 is 15.2 Å². The van der Waals surface area contributed by atoms with Crippen molar-refractivity contribution in [3.8, 4) is 11.5 Å². The number of ether oxygens (including phenoxy) is 2. The summed E-state index contributed by atoms with van der Waals surface area (Å²) in [4.78, 5) is 0.212. The maximum absolute atomic E-state index is 6.07. The van der Waals surface area contributed by atoms with E-state index in [0.717, 1.165) is 10.2 Å². The second-order valence-electron chi connectivity index (χ2n) is 4.13. The van der Waals surface area contributed by atoms with Crippen molar-refractivity contribution in [3.05, 3.63) is 57.5 Å². The maximum atomic E-state index is 6.07. The zero-order chi connectivity index (χ0) is 15.2. The lowest BCUT2D eigenvalue weighted by Crippen LogP contribution is -2.15. The third-order valence-corrected chi connectivity index (χ3v) is 3.64. The molecule has 0 heterocycles. The van der Waals surface area contributed by atoms with Crippen LogP contribution in [0.3, 0.4) is 0 Å². The zero-order valence-electron chi connectivity index (χ0n) is 11.0. The lowest BCUT2D eigenvalue weighted by molar-refractivity contribution is 0.217. The summed E-state index contributed by atoms with van der Waals surface area (Å²) in [6.45, 7) is 0.766. The van der Waals surface area contributed by atoms with Crippen LogP contribution in [0.4, 0.5) is 0 Å². The molecule has 2 aromatic rings. The summed E-state index contributed by atoms with van der Waals surface area (Å²) < 4.78 is 12.2. The highest BCUT2D eigenvalue weighted by molar-refractivity contribution is 9.10. The van der Waals surface area contributed by atoms with Gasteiger partial charge in [-0.2, -0.15) is 0 Å². The van der Waals surface area contributed by atoms with E-state index in [1.807, 2.05) is 24.3 Å². The molecule has 0 bridgehead atoms. The maximum Gasteiger partial charge on any atom is 0.131 e. The molecule has 6 heteroatoms. The first kappa shape index (κ1) is 16.1. The fourth-order valence-corrected chi connectivity index (χ4v) is 2.64. The average Bonchev–Trinajstić information content (AvgIpc) is 2.43. The van der Waals surface area contributed by atoms with Crippen LogP contribution in [-0.4, -0.2) is 18.2 Å².